The Balaban J connectivity index is 2.64. The lowest BCUT2D eigenvalue weighted by atomic mass is 9.78. The molecule has 2 nitrogen and oxygen atoms in total. The summed E-state index contributed by atoms with van der Waals surface area (Å²) in [6.07, 6.45) is 0.661. The fourth-order valence-corrected chi connectivity index (χ4v) is 3.20. The largest absolute Gasteiger partial charge is 0.396 e. The Bertz CT molecular complexity index is 571. The molecule has 1 atom stereocenters. The summed E-state index contributed by atoms with van der Waals surface area (Å²) in [5.41, 5.74) is 4.64. The number of aliphatic hydroxyl groups excluding tert-OH is 1. The second kappa shape index (κ2) is 6.88. The highest BCUT2D eigenvalue weighted by molar-refractivity contribution is 5.44. The van der Waals surface area contributed by atoms with Crippen LogP contribution in [0, 0.1) is 13.8 Å². The number of rotatable bonds is 6. The minimum Gasteiger partial charge on any atom is -0.396 e. The maximum atomic E-state index is 9.66. The van der Waals surface area contributed by atoms with Crippen molar-refractivity contribution in [3.05, 3.63) is 70.8 Å². The van der Waals surface area contributed by atoms with Gasteiger partial charge in [-0.25, -0.2) is 0 Å². The van der Waals surface area contributed by atoms with Gasteiger partial charge in [-0.1, -0.05) is 61.0 Å². The smallest absolute Gasteiger partial charge is 0.0715 e. The van der Waals surface area contributed by atoms with E-state index < -0.39 is 0 Å². The SMILES string of the molecule is CCNC(CCO)(c1ccccc1)c1ccc(C)cc1C. The highest BCUT2D eigenvalue weighted by atomic mass is 16.3. The van der Waals surface area contributed by atoms with Crippen molar-refractivity contribution in [2.75, 3.05) is 13.2 Å². The lowest BCUT2D eigenvalue weighted by molar-refractivity contribution is 0.234. The molecule has 0 spiro atoms. The van der Waals surface area contributed by atoms with E-state index >= 15 is 0 Å². The molecule has 0 heterocycles. The van der Waals surface area contributed by atoms with E-state index in [0.29, 0.717) is 6.42 Å². The third-order valence-electron chi connectivity index (χ3n) is 4.07. The Morgan fingerprint density at radius 3 is 2.33 bits per heavy atom. The van der Waals surface area contributed by atoms with E-state index in [1.807, 2.05) is 6.07 Å². The second-order valence-corrected chi connectivity index (χ2v) is 5.59. The van der Waals surface area contributed by atoms with E-state index in [4.69, 9.17) is 0 Å². The van der Waals surface area contributed by atoms with Crippen molar-refractivity contribution in [3.8, 4) is 0 Å². The zero-order valence-electron chi connectivity index (χ0n) is 13.2. The van der Waals surface area contributed by atoms with Gasteiger partial charge < -0.3 is 10.4 Å². The molecule has 21 heavy (non-hydrogen) atoms. The zero-order valence-corrected chi connectivity index (χ0v) is 13.2. The first kappa shape index (κ1) is 15.7. The van der Waals surface area contributed by atoms with Gasteiger partial charge in [-0.3, -0.25) is 0 Å². The van der Waals surface area contributed by atoms with E-state index in [1.165, 1.54) is 22.3 Å². The van der Waals surface area contributed by atoms with E-state index in [-0.39, 0.29) is 12.1 Å². The maximum Gasteiger partial charge on any atom is 0.0715 e. The highest BCUT2D eigenvalue weighted by Gasteiger charge is 2.33. The van der Waals surface area contributed by atoms with Crippen LogP contribution in [0.15, 0.2) is 48.5 Å². The van der Waals surface area contributed by atoms with Crippen molar-refractivity contribution >= 4 is 0 Å². The van der Waals surface area contributed by atoms with Crippen LogP contribution in [-0.2, 0) is 5.54 Å². The molecule has 0 radical (unpaired) electrons. The van der Waals surface area contributed by atoms with Gasteiger partial charge in [0, 0.05) is 6.61 Å². The van der Waals surface area contributed by atoms with Crippen molar-refractivity contribution in [2.45, 2.75) is 32.7 Å². The van der Waals surface area contributed by atoms with Crippen LogP contribution in [0.3, 0.4) is 0 Å². The summed E-state index contributed by atoms with van der Waals surface area (Å²) in [5.74, 6) is 0. The van der Waals surface area contributed by atoms with Crippen LogP contribution in [0.25, 0.3) is 0 Å². The number of benzene rings is 2. The Hall–Kier alpha value is -1.64. The normalized spacial score (nSPS) is 13.9. The fourth-order valence-electron chi connectivity index (χ4n) is 3.20. The zero-order chi connectivity index (χ0) is 15.3. The molecule has 0 fully saturated rings. The summed E-state index contributed by atoms with van der Waals surface area (Å²) in [6, 6.07) is 17.0. The summed E-state index contributed by atoms with van der Waals surface area (Å²) in [4.78, 5) is 0. The molecule has 2 aromatic rings. The van der Waals surface area contributed by atoms with Crippen LogP contribution in [0.1, 0.15) is 35.6 Å². The van der Waals surface area contributed by atoms with Gasteiger partial charge in [-0.15, -0.1) is 0 Å². The summed E-state index contributed by atoms with van der Waals surface area (Å²) < 4.78 is 0. The first-order valence-electron chi connectivity index (χ1n) is 7.63. The second-order valence-electron chi connectivity index (χ2n) is 5.59. The summed E-state index contributed by atoms with van der Waals surface area (Å²) >= 11 is 0. The molecule has 0 aliphatic carbocycles. The molecule has 2 rings (SSSR count). The Morgan fingerprint density at radius 1 is 1.05 bits per heavy atom. The van der Waals surface area contributed by atoms with Crippen molar-refractivity contribution in [3.63, 3.8) is 0 Å². The van der Waals surface area contributed by atoms with Crippen molar-refractivity contribution in [1.29, 1.82) is 0 Å². The van der Waals surface area contributed by atoms with Gasteiger partial charge in [0.1, 0.15) is 0 Å². The first-order valence-corrected chi connectivity index (χ1v) is 7.63. The lowest BCUT2D eigenvalue weighted by Crippen LogP contribution is -2.44. The van der Waals surface area contributed by atoms with E-state index in [2.05, 4.69) is 68.6 Å². The van der Waals surface area contributed by atoms with Crippen molar-refractivity contribution < 1.29 is 5.11 Å². The van der Waals surface area contributed by atoms with Crippen LogP contribution < -0.4 is 5.32 Å². The maximum absolute atomic E-state index is 9.66. The van der Waals surface area contributed by atoms with Crippen LogP contribution in [0.2, 0.25) is 0 Å². The van der Waals surface area contributed by atoms with E-state index in [9.17, 15) is 5.11 Å². The van der Waals surface area contributed by atoms with Crippen LogP contribution in [-0.4, -0.2) is 18.3 Å². The van der Waals surface area contributed by atoms with E-state index in [1.54, 1.807) is 0 Å². The van der Waals surface area contributed by atoms with Gasteiger partial charge in [0.05, 0.1) is 5.54 Å². The van der Waals surface area contributed by atoms with Gasteiger partial charge in [-0.2, -0.15) is 0 Å². The monoisotopic (exact) mass is 283 g/mol. The standard InChI is InChI=1S/C19H25NO/c1-4-20-19(12-13-21,17-8-6-5-7-9-17)18-11-10-15(2)14-16(18)3/h5-11,14,20-21H,4,12-13H2,1-3H3. The summed E-state index contributed by atoms with van der Waals surface area (Å²) in [6.45, 7) is 7.37. The first-order chi connectivity index (χ1) is 10.1. The minimum absolute atomic E-state index is 0.148. The number of aryl methyl sites for hydroxylation is 2. The highest BCUT2D eigenvalue weighted by Crippen LogP contribution is 2.35. The molecule has 112 valence electrons. The molecule has 0 amide bonds. The van der Waals surface area contributed by atoms with Crippen molar-refractivity contribution in [2.24, 2.45) is 0 Å². The Labute approximate surface area is 127 Å². The van der Waals surface area contributed by atoms with Crippen LogP contribution in [0.4, 0.5) is 0 Å². The Kier molecular flexibility index (Phi) is 5.16. The van der Waals surface area contributed by atoms with Gasteiger partial charge in [0.25, 0.3) is 0 Å². The molecule has 0 aliphatic heterocycles. The van der Waals surface area contributed by atoms with E-state index in [0.717, 1.165) is 6.54 Å². The summed E-state index contributed by atoms with van der Waals surface area (Å²) in [5, 5.41) is 13.3. The molecule has 2 N–H and O–H groups in total. The predicted molar refractivity (Wildman–Crippen MR) is 88.5 cm³/mol. The van der Waals surface area contributed by atoms with Gasteiger partial charge in [0.2, 0.25) is 0 Å². The molecule has 2 heteroatoms. The topological polar surface area (TPSA) is 32.3 Å². The van der Waals surface area contributed by atoms with Crippen LogP contribution >= 0.6 is 0 Å². The minimum atomic E-state index is -0.331. The van der Waals surface area contributed by atoms with Gasteiger partial charge >= 0.3 is 0 Å². The molecule has 0 bridgehead atoms. The number of nitrogens with one attached hydrogen (secondary N) is 1. The fraction of sp³-hybridized carbons (Fsp3) is 0.368. The third kappa shape index (κ3) is 3.17. The third-order valence-corrected chi connectivity index (χ3v) is 4.07. The molecule has 0 aromatic heterocycles. The van der Waals surface area contributed by atoms with Gasteiger partial charge in [0.15, 0.2) is 0 Å². The quantitative estimate of drug-likeness (QED) is 0.850. The van der Waals surface area contributed by atoms with Gasteiger partial charge in [-0.05, 0) is 43.5 Å². The average Bonchev–Trinajstić information content (AvgIpc) is 2.48. The number of aliphatic hydroxyl groups is 1. The van der Waals surface area contributed by atoms with Crippen LogP contribution in [0.5, 0.6) is 0 Å². The molecule has 0 saturated heterocycles. The van der Waals surface area contributed by atoms with Crippen molar-refractivity contribution in [1.82, 2.24) is 5.32 Å². The average molecular weight is 283 g/mol. The molecule has 0 aliphatic rings. The predicted octanol–water partition coefficient (Wildman–Crippen LogP) is 3.54. The summed E-state index contributed by atoms with van der Waals surface area (Å²) in [7, 11) is 0. The lowest BCUT2D eigenvalue weighted by Gasteiger charge is -2.37. The Morgan fingerprint density at radius 2 is 1.76 bits per heavy atom. The molecule has 0 saturated carbocycles. The molecular formula is C19H25NO. The molecule has 1 unspecified atom stereocenters. The molecular weight excluding hydrogens is 258 g/mol. The number of hydrogen-bond acceptors (Lipinski definition) is 2. The molecule has 2 aromatic carbocycles. The number of hydrogen-bond donors (Lipinski definition) is 2.